The Morgan fingerprint density at radius 3 is 2.13 bits per heavy atom. The summed E-state index contributed by atoms with van der Waals surface area (Å²) in [4.78, 5) is 29.6. The molecule has 1 aliphatic carbocycles. The predicted molar refractivity (Wildman–Crippen MR) is 222 cm³/mol. The van der Waals surface area contributed by atoms with Crippen LogP contribution in [0.3, 0.4) is 0 Å². The number of nitrogens with zero attached hydrogens (tertiary/aromatic N) is 1. The van der Waals surface area contributed by atoms with Crippen molar-refractivity contribution in [2.75, 3.05) is 13.2 Å². The third-order valence-electron chi connectivity index (χ3n) is 11.8. The molecule has 2 amide bonds. The van der Waals surface area contributed by atoms with Crippen LogP contribution < -0.4 is 10.4 Å². The number of allylic oxidation sites excluding steroid dienone is 1. The molecule has 2 N–H and O–H groups in total. The van der Waals surface area contributed by atoms with Crippen molar-refractivity contribution in [3.63, 3.8) is 0 Å². The van der Waals surface area contributed by atoms with Gasteiger partial charge in [-0.15, -0.1) is 0 Å². The number of hydrogen-bond donors (Lipinski definition) is 2. The Labute approximate surface area is 327 Å². The van der Waals surface area contributed by atoms with Crippen LogP contribution in [-0.2, 0) is 18.7 Å². The first-order valence-corrected chi connectivity index (χ1v) is 21.6. The van der Waals surface area contributed by atoms with Crippen LogP contribution in [-0.4, -0.2) is 61.5 Å². The molecule has 2 fully saturated rings. The minimum atomic E-state index is -2.96. The number of carbonyl (C=O) groups excluding carboxylic acids is 2. The zero-order chi connectivity index (χ0) is 38.7. The standard InChI is InChI=1S/C46H52BNO6Si/c1-5-26-48-44(50)39-29-35(31-53-55(46(2,3)4,37-20-11-7-12-21-37)38-22-13-8-14-23-38)42-40(43(39)45(48)51)30-47(52)54-41(42)25-24-34(33-17-9-6-10-18-33)27-32-16-15-19-36(49)28-32/h6-23,27-28,39-41,43,49,52H,5,24-26,29-31H2,1-4H3/b34-27-/t39-,40+,41-,43-/m1/s1. The summed E-state index contributed by atoms with van der Waals surface area (Å²) >= 11 is 0. The average Bonchev–Trinajstić information content (AvgIpc) is 3.41. The number of imide groups is 1. The molecule has 2 aliphatic heterocycles. The van der Waals surface area contributed by atoms with Gasteiger partial charge >= 0.3 is 7.12 Å². The number of rotatable bonds is 12. The van der Waals surface area contributed by atoms with Crippen molar-refractivity contribution in [1.29, 1.82) is 0 Å². The molecule has 4 aromatic carbocycles. The first kappa shape index (κ1) is 38.7. The van der Waals surface area contributed by atoms with Crippen LogP contribution in [0.25, 0.3) is 11.6 Å². The number of phenolic OH excluding ortho intramolecular Hbond substituents is 1. The Hall–Kier alpha value is -4.54. The van der Waals surface area contributed by atoms with E-state index in [4.69, 9.17) is 9.08 Å². The molecule has 0 unspecified atom stereocenters. The highest BCUT2D eigenvalue weighted by Crippen LogP contribution is 2.51. The lowest BCUT2D eigenvalue weighted by Gasteiger charge is -2.46. The minimum absolute atomic E-state index is 0.114. The van der Waals surface area contributed by atoms with Gasteiger partial charge in [0.1, 0.15) is 5.75 Å². The van der Waals surface area contributed by atoms with E-state index < -0.39 is 33.4 Å². The number of carbonyl (C=O) groups is 2. The third kappa shape index (κ3) is 7.68. The Morgan fingerprint density at radius 1 is 0.891 bits per heavy atom. The summed E-state index contributed by atoms with van der Waals surface area (Å²) in [5.74, 6) is -1.43. The minimum Gasteiger partial charge on any atom is -0.508 e. The fourth-order valence-electron chi connectivity index (χ4n) is 9.42. The van der Waals surface area contributed by atoms with E-state index in [0.717, 1.165) is 27.8 Å². The Balaban J connectivity index is 1.32. The highest BCUT2D eigenvalue weighted by atomic mass is 28.4. The number of fused-ring (bicyclic) bond motifs is 3. The van der Waals surface area contributed by atoms with E-state index in [1.54, 1.807) is 12.1 Å². The Kier molecular flexibility index (Phi) is 11.5. The van der Waals surface area contributed by atoms with E-state index in [1.165, 1.54) is 15.3 Å². The summed E-state index contributed by atoms with van der Waals surface area (Å²) in [6, 6.07) is 38.4. The topological polar surface area (TPSA) is 96.3 Å². The Bertz CT molecular complexity index is 2010. The van der Waals surface area contributed by atoms with Crippen LogP contribution in [0.2, 0.25) is 11.4 Å². The first-order valence-electron chi connectivity index (χ1n) is 19.7. The quantitative estimate of drug-likeness (QED) is 0.0674. The number of phenols is 1. The van der Waals surface area contributed by atoms with E-state index in [2.05, 4.69) is 87.5 Å². The molecular formula is C46H52BNO6Si. The van der Waals surface area contributed by atoms with E-state index in [0.29, 0.717) is 32.2 Å². The van der Waals surface area contributed by atoms with Crippen LogP contribution >= 0.6 is 0 Å². The van der Waals surface area contributed by atoms with Crippen molar-refractivity contribution in [3.05, 3.63) is 138 Å². The molecule has 4 aromatic rings. The Morgan fingerprint density at radius 2 is 1.53 bits per heavy atom. The van der Waals surface area contributed by atoms with Gasteiger partial charge in [-0.2, -0.15) is 0 Å². The summed E-state index contributed by atoms with van der Waals surface area (Å²) in [6.45, 7) is 9.43. The predicted octanol–water partition coefficient (Wildman–Crippen LogP) is 7.50. The number of likely N-dealkylation sites (tertiary alicyclic amines) is 1. The van der Waals surface area contributed by atoms with Crippen LogP contribution in [0.15, 0.2) is 126 Å². The molecule has 2 heterocycles. The SMILES string of the molecule is CCCN1C(=O)[C@@H]2[C@@H](CC(CO[Si](c3ccccc3)(c3ccccc3)C(C)(C)C)=C3[C@@H](CC/C(=C/c4cccc(O)c4)c4ccccc4)OB(O)C[C@@H]32)C1=O. The summed E-state index contributed by atoms with van der Waals surface area (Å²) < 4.78 is 14.0. The van der Waals surface area contributed by atoms with Gasteiger partial charge in [0, 0.05) is 6.54 Å². The van der Waals surface area contributed by atoms with E-state index in [-0.39, 0.29) is 41.4 Å². The van der Waals surface area contributed by atoms with Gasteiger partial charge in [0.15, 0.2) is 0 Å². The van der Waals surface area contributed by atoms with Crippen LogP contribution in [0.1, 0.15) is 64.5 Å². The first-order chi connectivity index (χ1) is 26.5. The number of amides is 2. The van der Waals surface area contributed by atoms with Gasteiger partial charge in [0.25, 0.3) is 8.32 Å². The van der Waals surface area contributed by atoms with Gasteiger partial charge in [-0.05, 0) is 93.3 Å². The van der Waals surface area contributed by atoms with E-state index in [9.17, 15) is 19.7 Å². The molecule has 0 bridgehead atoms. The molecular weight excluding hydrogens is 701 g/mol. The molecule has 0 saturated carbocycles. The van der Waals surface area contributed by atoms with E-state index >= 15 is 0 Å². The molecule has 4 atom stereocenters. The van der Waals surface area contributed by atoms with Crippen LogP contribution in [0, 0.1) is 17.8 Å². The van der Waals surface area contributed by atoms with Crippen molar-refractivity contribution in [3.8, 4) is 5.75 Å². The van der Waals surface area contributed by atoms with Gasteiger partial charge in [0.2, 0.25) is 11.8 Å². The van der Waals surface area contributed by atoms with Crippen LogP contribution in [0.5, 0.6) is 5.75 Å². The third-order valence-corrected chi connectivity index (χ3v) is 16.7. The van der Waals surface area contributed by atoms with Crippen molar-refractivity contribution >= 4 is 49.3 Å². The fraction of sp³-hybridized carbons (Fsp3) is 0.348. The van der Waals surface area contributed by atoms with E-state index in [1.807, 2.05) is 49.4 Å². The summed E-state index contributed by atoms with van der Waals surface area (Å²) in [5, 5.41) is 23.7. The molecule has 0 spiro atoms. The molecule has 55 heavy (non-hydrogen) atoms. The summed E-state index contributed by atoms with van der Waals surface area (Å²) in [6.07, 6.45) is 4.11. The molecule has 7 rings (SSSR count). The summed E-state index contributed by atoms with van der Waals surface area (Å²) in [5.41, 5.74) is 5.01. The lowest BCUT2D eigenvalue weighted by molar-refractivity contribution is -0.140. The molecule has 7 nitrogen and oxygen atoms in total. The van der Waals surface area contributed by atoms with Gasteiger partial charge < -0.3 is 19.2 Å². The molecule has 2 saturated heterocycles. The van der Waals surface area contributed by atoms with Gasteiger partial charge in [-0.3, -0.25) is 14.5 Å². The van der Waals surface area contributed by atoms with Crippen molar-refractivity contribution in [2.24, 2.45) is 17.8 Å². The number of benzene rings is 4. The maximum atomic E-state index is 14.1. The monoisotopic (exact) mass is 753 g/mol. The van der Waals surface area contributed by atoms with Gasteiger partial charge in [-0.1, -0.05) is 137 Å². The maximum Gasteiger partial charge on any atom is 0.455 e. The lowest BCUT2D eigenvalue weighted by Crippen LogP contribution is -2.66. The smallest absolute Gasteiger partial charge is 0.455 e. The largest absolute Gasteiger partial charge is 0.508 e. The molecule has 3 aliphatic rings. The lowest BCUT2D eigenvalue weighted by atomic mass is 9.58. The normalized spacial score (nSPS) is 21.9. The van der Waals surface area contributed by atoms with Gasteiger partial charge in [-0.25, -0.2) is 0 Å². The molecule has 0 aromatic heterocycles. The molecule has 284 valence electrons. The van der Waals surface area contributed by atoms with Crippen molar-refractivity contribution < 1.29 is 28.8 Å². The number of hydrogen-bond acceptors (Lipinski definition) is 6. The van der Waals surface area contributed by atoms with Gasteiger partial charge in [0.05, 0.1) is 24.5 Å². The van der Waals surface area contributed by atoms with Crippen LogP contribution in [0.4, 0.5) is 0 Å². The second kappa shape index (κ2) is 16.3. The average molecular weight is 754 g/mol. The summed E-state index contributed by atoms with van der Waals surface area (Å²) in [7, 11) is -4.03. The van der Waals surface area contributed by atoms with Crippen molar-refractivity contribution in [1.82, 2.24) is 4.90 Å². The second-order valence-electron chi connectivity index (χ2n) is 16.3. The highest BCUT2D eigenvalue weighted by Gasteiger charge is 2.58. The van der Waals surface area contributed by atoms with Crippen molar-refractivity contribution in [2.45, 2.75) is 70.8 Å². The molecule has 9 heteroatoms. The second-order valence-corrected chi connectivity index (χ2v) is 20.6. The molecule has 0 radical (unpaired) electrons. The number of aromatic hydroxyl groups is 1. The highest BCUT2D eigenvalue weighted by molar-refractivity contribution is 6.99. The zero-order valence-corrected chi connectivity index (χ0v) is 33.4. The fourth-order valence-corrected chi connectivity index (χ4v) is 14.0. The zero-order valence-electron chi connectivity index (χ0n) is 32.4. The maximum absolute atomic E-state index is 14.1.